The van der Waals surface area contributed by atoms with Crippen LogP contribution in [0.1, 0.15) is 11.1 Å². The Balaban J connectivity index is 2.10. The van der Waals surface area contributed by atoms with Crippen LogP contribution in [0.15, 0.2) is 47.4 Å². The van der Waals surface area contributed by atoms with E-state index < -0.39 is 10.0 Å². The highest BCUT2D eigenvalue weighted by Gasteiger charge is 2.14. The lowest BCUT2D eigenvalue weighted by molar-refractivity contribution is 0.581. The summed E-state index contributed by atoms with van der Waals surface area (Å²) in [5.41, 5.74) is 2.81. The average molecular weight is 339 g/mol. The summed E-state index contributed by atoms with van der Waals surface area (Å²) in [6, 6.07) is 12.4. The van der Waals surface area contributed by atoms with Crippen LogP contribution in [-0.2, 0) is 16.6 Å². The molecule has 0 radical (unpaired) electrons. The van der Waals surface area contributed by atoms with Gasteiger partial charge in [-0.3, -0.25) is 0 Å². The van der Waals surface area contributed by atoms with Gasteiger partial charge in [-0.15, -0.1) is 0 Å². The minimum atomic E-state index is -3.57. The summed E-state index contributed by atoms with van der Waals surface area (Å²) in [5, 5.41) is 0.443. The van der Waals surface area contributed by atoms with Crippen LogP contribution in [-0.4, -0.2) is 22.5 Å². The molecule has 2 aromatic carbocycles. The number of nitrogens with zero attached hydrogens (tertiary/aromatic N) is 1. The van der Waals surface area contributed by atoms with Gasteiger partial charge < -0.3 is 4.90 Å². The van der Waals surface area contributed by atoms with Gasteiger partial charge in [0.15, 0.2) is 0 Å². The normalized spacial score (nSPS) is 11.5. The number of aryl methyl sites for hydroxylation is 1. The molecule has 0 saturated heterocycles. The fourth-order valence-corrected chi connectivity index (χ4v) is 3.20. The van der Waals surface area contributed by atoms with Crippen molar-refractivity contribution in [3.8, 4) is 0 Å². The van der Waals surface area contributed by atoms with Gasteiger partial charge in [0.25, 0.3) is 0 Å². The van der Waals surface area contributed by atoms with Crippen molar-refractivity contribution in [2.24, 2.45) is 0 Å². The number of rotatable bonds is 5. The van der Waals surface area contributed by atoms with Gasteiger partial charge in [0.05, 0.1) is 4.90 Å². The van der Waals surface area contributed by atoms with Gasteiger partial charge in [0.2, 0.25) is 10.0 Å². The summed E-state index contributed by atoms with van der Waals surface area (Å²) >= 11 is 5.99. The number of halogens is 1. The Morgan fingerprint density at radius 1 is 1.09 bits per heavy atom. The highest BCUT2D eigenvalue weighted by atomic mass is 35.5. The average Bonchev–Trinajstić information content (AvgIpc) is 2.48. The van der Waals surface area contributed by atoms with Crippen molar-refractivity contribution in [1.82, 2.24) is 4.72 Å². The van der Waals surface area contributed by atoms with Gasteiger partial charge in [0, 0.05) is 31.4 Å². The van der Waals surface area contributed by atoms with E-state index in [1.165, 1.54) is 6.07 Å². The predicted molar refractivity (Wildman–Crippen MR) is 91.0 cm³/mol. The van der Waals surface area contributed by atoms with Crippen molar-refractivity contribution in [1.29, 1.82) is 0 Å². The molecule has 0 bridgehead atoms. The monoisotopic (exact) mass is 338 g/mol. The Bertz CT molecular complexity index is 756. The number of hydrogen-bond donors (Lipinski definition) is 1. The molecule has 2 rings (SSSR count). The molecule has 2 aromatic rings. The molecule has 0 heterocycles. The second-order valence-electron chi connectivity index (χ2n) is 5.30. The van der Waals surface area contributed by atoms with E-state index in [1.807, 2.05) is 50.2 Å². The van der Waals surface area contributed by atoms with Crippen molar-refractivity contribution in [2.75, 3.05) is 19.0 Å². The van der Waals surface area contributed by atoms with Crippen LogP contribution in [0.2, 0.25) is 5.02 Å². The van der Waals surface area contributed by atoms with E-state index in [-0.39, 0.29) is 11.4 Å². The Morgan fingerprint density at radius 3 is 2.27 bits per heavy atom. The smallest absolute Gasteiger partial charge is 0.240 e. The minimum absolute atomic E-state index is 0.174. The Hall–Kier alpha value is -1.56. The maximum atomic E-state index is 12.3. The molecule has 0 saturated carbocycles. The predicted octanol–water partition coefficient (Wildman–Crippen LogP) is 3.19. The molecule has 0 aliphatic carbocycles. The van der Waals surface area contributed by atoms with Crippen LogP contribution in [0.5, 0.6) is 0 Å². The van der Waals surface area contributed by atoms with E-state index in [4.69, 9.17) is 11.6 Å². The van der Waals surface area contributed by atoms with E-state index >= 15 is 0 Å². The molecule has 0 aliphatic heterocycles. The van der Waals surface area contributed by atoms with E-state index in [0.717, 1.165) is 16.8 Å². The third kappa shape index (κ3) is 4.00. The largest absolute Gasteiger partial charge is 0.378 e. The molecule has 4 nitrogen and oxygen atoms in total. The number of sulfonamides is 1. The first-order valence-electron chi connectivity index (χ1n) is 6.82. The molecule has 0 fully saturated rings. The zero-order valence-corrected chi connectivity index (χ0v) is 14.4. The number of anilines is 1. The van der Waals surface area contributed by atoms with E-state index in [0.29, 0.717) is 5.02 Å². The summed E-state index contributed by atoms with van der Waals surface area (Å²) in [5.74, 6) is 0. The first-order chi connectivity index (χ1) is 10.3. The third-order valence-electron chi connectivity index (χ3n) is 3.37. The van der Waals surface area contributed by atoms with Gasteiger partial charge in [-0.1, -0.05) is 29.8 Å². The van der Waals surface area contributed by atoms with Crippen molar-refractivity contribution >= 4 is 27.3 Å². The van der Waals surface area contributed by atoms with Gasteiger partial charge in [-0.05, 0) is 42.3 Å². The van der Waals surface area contributed by atoms with Crippen molar-refractivity contribution < 1.29 is 8.42 Å². The summed E-state index contributed by atoms with van der Waals surface area (Å²) in [6.45, 7) is 2.07. The number of benzene rings is 2. The molecule has 0 aliphatic rings. The van der Waals surface area contributed by atoms with Crippen LogP contribution in [0.3, 0.4) is 0 Å². The summed E-state index contributed by atoms with van der Waals surface area (Å²) in [4.78, 5) is 2.16. The van der Waals surface area contributed by atoms with Gasteiger partial charge in [0.1, 0.15) is 0 Å². The highest BCUT2D eigenvalue weighted by Crippen LogP contribution is 2.20. The molecule has 0 spiro atoms. The lowest BCUT2D eigenvalue weighted by Gasteiger charge is -2.13. The molecule has 0 atom stereocenters. The quantitative estimate of drug-likeness (QED) is 0.910. The summed E-state index contributed by atoms with van der Waals surface area (Å²) in [6.07, 6.45) is 0. The summed E-state index contributed by atoms with van der Waals surface area (Å²) in [7, 11) is 0.345. The SMILES string of the molecule is Cc1ccc(S(=O)(=O)NCc2ccc(N(C)C)cc2)cc1Cl. The maximum absolute atomic E-state index is 12.3. The van der Waals surface area contributed by atoms with Crippen LogP contribution in [0.25, 0.3) is 0 Å². The lowest BCUT2D eigenvalue weighted by atomic mass is 10.2. The second-order valence-corrected chi connectivity index (χ2v) is 7.47. The fourth-order valence-electron chi connectivity index (χ4n) is 1.91. The molecule has 0 unspecified atom stereocenters. The van der Waals surface area contributed by atoms with Gasteiger partial charge in [-0.25, -0.2) is 13.1 Å². The van der Waals surface area contributed by atoms with Gasteiger partial charge in [-0.2, -0.15) is 0 Å². The molecule has 0 aromatic heterocycles. The summed E-state index contributed by atoms with van der Waals surface area (Å²) < 4.78 is 27.1. The van der Waals surface area contributed by atoms with Crippen LogP contribution in [0, 0.1) is 6.92 Å². The first kappa shape index (κ1) is 16.8. The van der Waals surface area contributed by atoms with E-state index in [1.54, 1.807) is 12.1 Å². The van der Waals surface area contributed by atoms with Crippen LogP contribution in [0.4, 0.5) is 5.69 Å². The van der Waals surface area contributed by atoms with Crippen LogP contribution < -0.4 is 9.62 Å². The molecule has 118 valence electrons. The Morgan fingerprint density at radius 2 is 1.73 bits per heavy atom. The zero-order valence-electron chi connectivity index (χ0n) is 12.8. The van der Waals surface area contributed by atoms with Crippen molar-refractivity contribution in [3.63, 3.8) is 0 Å². The molecule has 1 N–H and O–H groups in total. The highest BCUT2D eigenvalue weighted by molar-refractivity contribution is 7.89. The molecule has 6 heteroatoms. The standard InChI is InChI=1S/C16H19ClN2O2S/c1-12-4-9-15(10-16(12)17)22(20,21)18-11-13-5-7-14(8-6-13)19(2)3/h4-10,18H,11H2,1-3H3. The molecular formula is C16H19ClN2O2S. The van der Waals surface area contributed by atoms with E-state index in [9.17, 15) is 8.42 Å². The lowest BCUT2D eigenvalue weighted by Crippen LogP contribution is -2.23. The minimum Gasteiger partial charge on any atom is -0.378 e. The Labute approximate surface area is 136 Å². The van der Waals surface area contributed by atoms with Crippen molar-refractivity contribution in [2.45, 2.75) is 18.4 Å². The first-order valence-corrected chi connectivity index (χ1v) is 8.68. The fraction of sp³-hybridized carbons (Fsp3) is 0.250. The number of nitrogens with one attached hydrogen (secondary N) is 1. The van der Waals surface area contributed by atoms with Crippen molar-refractivity contribution in [3.05, 3.63) is 58.6 Å². The third-order valence-corrected chi connectivity index (χ3v) is 5.18. The Kier molecular flexibility index (Phi) is 5.11. The van der Waals surface area contributed by atoms with E-state index in [2.05, 4.69) is 4.72 Å². The maximum Gasteiger partial charge on any atom is 0.240 e. The second kappa shape index (κ2) is 6.69. The zero-order chi connectivity index (χ0) is 16.3. The van der Waals surface area contributed by atoms with Gasteiger partial charge >= 0.3 is 0 Å². The molecule has 22 heavy (non-hydrogen) atoms. The molecule has 0 amide bonds. The molecular weight excluding hydrogens is 320 g/mol. The number of hydrogen-bond acceptors (Lipinski definition) is 3. The van der Waals surface area contributed by atoms with Crippen LogP contribution >= 0.6 is 11.6 Å². The topological polar surface area (TPSA) is 49.4 Å².